The standard InChI is InChI=1S/C19H27N3O2S/c1-19(2,3)24-18(23)22-11-7-8-14(13-22)12-21(4)17-15-9-5-6-10-16(15)25-20-17/h5-6,9-10,14H,7-8,11-13H2,1-4H3/t14-/m1/s1. The van der Waals surface area contributed by atoms with Crippen molar-refractivity contribution in [3.05, 3.63) is 24.3 Å². The van der Waals surface area contributed by atoms with Crippen LogP contribution in [0.1, 0.15) is 33.6 Å². The van der Waals surface area contributed by atoms with Crippen molar-refractivity contribution in [1.82, 2.24) is 9.27 Å². The van der Waals surface area contributed by atoms with Gasteiger partial charge in [-0.2, -0.15) is 4.37 Å². The summed E-state index contributed by atoms with van der Waals surface area (Å²) in [6, 6.07) is 8.33. The molecule has 2 aromatic rings. The molecule has 1 amide bonds. The van der Waals surface area contributed by atoms with Gasteiger partial charge in [-0.05, 0) is 63.2 Å². The van der Waals surface area contributed by atoms with Crippen LogP contribution >= 0.6 is 11.5 Å². The highest BCUT2D eigenvalue weighted by Crippen LogP contribution is 2.30. The lowest BCUT2D eigenvalue weighted by Gasteiger charge is -2.35. The Balaban J connectivity index is 1.63. The summed E-state index contributed by atoms with van der Waals surface area (Å²) in [5.74, 6) is 1.47. The first-order chi connectivity index (χ1) is 11.8. The normalized spacial score (nSPS) is 18.4. The Morgan fingerprint density at radius 2 is 2.16 bits per heavy atom. The maximum absolute atomic E-state index is 12.3. The third-order valence-electron chi connectivity index (χ3n) is 4.42. The van der Waals surface area contributed by atoms with Gasteiger partial charge in [0.15, 0.2) is 0 Å². The van der Waals surface area contributed by atoms with Crippen molar-refractivity contribution in [2.24, 2.45) is 5.92 Å². The lowest BCUT2D eigenvalue weighted by molar-refractivity contribution is 0.0170. The molecule has 0 unspecified atom stereocenters. The minimum Gasteiger partial charge on any atom is -0.444 e. The van der Waals surface area contributed by atoms with Gasteiger partial charge in [0.25, 0.3) is 0 Å². The summed E-state index contributed by atoms with van der Waals surface area (Å²) in [4.78, 5) is 16.4. The van der Waals surface area contributed by atoms with Crippen molar-refractivity contribution in [3.8, 4) is 0 Å². The molecule has 0 N–H and O–H groups in total. The van der Waals surface area contributed by atoms with Crippen LogP contribution in [0.3, 0.4) is 0 Å². The largest absolute Gasteiger partial charge is 0.444 e. The third-order valence-corrected chi connectivity index (χ3v) is 5.24. The molecular weight excluding hydrogens is 334 g/mol. The molecule has 136 valence electrons. The van der Waals surface area contributed by atoms with Gasteiger partial charge in [0.05, 0.1) is 4.70 Å². The van der Waals surface area contributed by atoms with Crippen molar-refractivity contribution in [1.29, 1.82) is 0 Å². The first-order valence-electron chi connectivity index (χ1n) is 8.87. The Labute approximate surface area is 153 Å². The Bertz CT molecular complexity index is 738. The molecule has 25 heavy (non-hydrogen) atoms. The molecular formula is C19H27N3O2S. The number of hydrogen-bond donors (Lipinski definition) is 0. The van der Waals surface area contributed by atoms with Crippen LogP contribution in [0.25, 0.3) is 10.1 Å². The minimum absolute atomic E-state index is 0.195. The van der Waals surface area contributed by atoms with Crippen molar-refractivity contribution < 1.29 is 9.53 Å². The highest BCUT2D eigenvalue weighted by molar-refractivity contribution is 7.13. The average molecular weight is 362 g/mol. The van der Waals surface area contributed by atoms with Gasteiger partial charge in [-0.3, -0.25) is 0 Å². The van der Waals surface area contributed by atoms with Crippen molar-refractivity contribution in [2.75, 3.05) is 31.6 Å². The highest BCUT2D eigenvalue weighted by Gasteiger charge is 2.28. The van der Waals surface area contributed by atoms with Crippen LogP contribution in [-0.2, 0) is 4.74 Å². The fourth-order valence-corrected chi connectivity index (χ4v) is 4.15. The lowest BCUT2D eigenvalue weighted by Crippen LogP contribution is -2.45. The van der Waals surface area contributed by atoms with Crippen LogP contribution in [0.15, 0.2) is 24.3 Å². The second-order valence-electron chi connectivity index (χ2n) is 7.82. The molecule has 1 aromatic carbocycles. The number of ether oxygens (including phenoxy) is 1. The smallest absolute Gasteiger partial charge is 0.410 e. The van der Waals surface area contributed by atoms with E-state index in [1.807, 2.05) is 31.7 Å². The second kappa shape index (κ2) is 7.20. The van der Waals surface area contributed by atoms with Gasteiger partial charge in [0, 0.05) is 32.1 Å². The summed E-state index contributed by atoms with van der Waals surface area (Å²) in [7, 11) is 2.09. The van der Waals surface area contributed by atoms with E-state index in [1.165, 1.54) is 21.6 Å². The summed E-state index contributed by atoms with van der Waals surface area (Å²) in [6.07, 6.45) is 1.96. The number of nitrogens with zero attached hydrogens (tertiary/aromatic N) is 3. The lowest BCUT2D eigenvalue weighted by atomic mass is 9.98. The first kappa shape index (κ1) is 18.0. The quantitative estimate of drug-likeness (QED) is 0.814. The van der Waals surface area contributed by atoms with E-state index in [9.17, 15) is 4.79 Å². The van der Waals surface area contributed by atoms with E-state index in [0.29, 0.717) is 5.92 Å². The Kier molecular flexibility index (Phi) is 5.18. The zero-order chi connectivity index (χ0) is 18.0. The van der Waals surface area contributed by atoms with Gasteiger partial charge >= 0.3 is 6.09 Å². The zero-order valence-corrected chi connectivity index (χ0v) is 16.3. The Hall–Kier alpha value is -1.82. The molecule has 1 aliphatic rings. The SMILES string of the molecule is CN(C[C@H]1CCCN(C(=O)OC(C)(C)C)C1)c1nsc2ccccc12. The minimum atomic E-state index is -0.444. The number of likely N-dealkylation sites (tertiary alicyclic amines) is 1. The number of rotatable bonds is 3. The number of aromatic nitrogens is 1. The molecule has 1 aromatic heterocycles. The summed E-state index contributed by atoms with van der Waals surface area (Å²) >= 11 is 1.54. The van der Waals surface area contributed by atoms with E-state index in [4.69, 9.17) is 4.74 Å². The monoisotopic (exact) mass is 361 g/mol. The third kappa shape index (κ3) is 4.42. The fraction of sp³-hybridized carbons (Fsp3) is 0.579. The van der Waals surface area contributed by atoms with Crippen LogP contribution in [0.4, 0.5) is 10.6 Å². The topological polar surface area (TPSA) is 45.7 Å². The number of carbonyl (C=O) groups is 1. The van der Waals surface area contributed by atoms with Crippen molar-refractivity contribution in [3.63, 3.8) is 0 Å². The van der Waals surface area contributed by atoms with Gasteiger partial charge in [0.1, 0.15) is 11.4 Å². The van der Waals surface area contributed by atoms with Crippen molar-refractivity contribution in [2.45, 2.75) is 39.2 Å². The summed E-state index contributed by atoms with van der Waals surface area (Å²) in [6.45, 7) is 8.16. The number of piperidine rings is 1. The number of hydrogen-bond acceptors (Lipinski definition) is 5. The molecule has 6 heteroatoms. The molecule has 3 rings (SSSR count). The summed E-state index contributed by atoms with van der Waals surface area (Å²) < 4.78 is 11.4. The molecule has 2 heterocycles. The highest BCUT2D eigenvalue weighted by atomic mass is 32.1. The molecule has 1 saturated heterocycles. The van der Waals surface area contributed by atoms with Gasteiger partial charge in [0.2, 0.25) is 0 Å². The zero-order valence-electron chi connectivity index (χ0n) is 15.5. The second-order valence-corrected chi connectivity index (χ2v) is 8.62. The Morgan fingerprint density at radius 1 is 1.40 bits per heavy atom. The molecule has 1 atom stereocenters. The van der Waals surface area contributed by atoms with E-state index in [1.54, 1.807) is 0 Å². The van der Waals surface area contributed by atoms with E-state index >= 15 is 0 Å². The van der Waals surface area contributed by atoms with E-state index < -0.39 is 5.60 Å². The van der Waals surface area contributed by atoms with Crippen LogP contribution in [-0.4, -0.2) is 47.6 Å². The van der Waals surface area contributed by atoms with Gasteiger partial charge in [-0.25, -0.2) is 4.79 Å². The maximum Gasteiger partial charge on any atom is 0.410 e. The molecule has 1 aliphatic heterocycles. The van der Waals surface area contributed by atoms with Gasteiger partial charge < -0.3 is 14.5 Å². The van der Waals surface area contributed by atoms with Crippen LogP contribution < -0.4 is 4.90 Å². The molecule has 5 nitrogen and oxygen atoms in total. The maximum atomic E-state index is 12.3. The molecule has 1 fully saturated rings. The van der Waals surface area contributed by atoms with Crippen LogP contribution in [0, 0.1) is 5.92 Å². The molecule has 0 saturated carbocycles. The van der Waals surface area contributed by atoms with Crippen LogP contribution in [0.2, 0.25) is 0 Å². The number of anilines is 1. The average Bonchev–Trinajstić information content (AvgIpc) is 2.97. The van der Waals surface area contributed by atoms with Gasteiger partial charge in [-0.15, -0.1) is 0 Å². The fourth-order valence-electron chi connectivity index (χ4n) is 3.33. The first-order valence-corrected chi connectivity index (χ1v) is 9.64. The molecule has 0 radical (unpaired) electrons. The van der Waals surface area contributed by atoms with E-state index in [0.717, 1.165) is 38.3 Å². The van der Waals surface area contributed by atoms with Crippen LogP contribution in [0.5, 0.6) is 0 Å². The number of amides is 1. The number of benzene rings is 1. The molecule has 0 bridgehead atoms. The Morgan fingerprint density at radius 3 is 2.92 bits per heavy atom. The van der Waals surface area contributed by atoms with Crippen molar-refractivity contribution >= 4 is 33.5 Å². The molecule has 0 spiro atoms. The summed E-state index contributed by atoms with van der Waals surface area (Å²) in [5.41, 5.74) is -0.444. The number of fused-ring (bicyclic) bond motifs is 1. The molecule has 0 aliphatic carbocycles. The predicted molar refractivity (Wildman–Crippen MR) is 103 cm³/mol. The van der Waals surface area contributed by atoms with E-state index in [-0.39, 0.29) is 6.09 Å². The van der Waals surface area contributed by atoms with E-state index in [2.05, 4.69) is 34.5 Å². The number of carbonyl (C=O) groups excluding carboxylic acids is 1. The predicted octanol–water partition coefficient (Wildman–Crippen LogP) is 4.38. The van der Waals surface area contributed by atoms with Gasteiger partial charge in [-0.1, -0.05) is 12.1 Å². The summed E-state index contributed by atoms with van der Waals surface area (Å²) in [5, 5.41) is 1.20.